The number of nitrogens with one attached hydrogen (secondary N) is 2. The molecule has 6 rings (SSSR count). The molecule has 0 aromatic heterocycles. The van der Waals surface area contributed by atoms with E-state index in [1.807, 2.05) is 36.4 Å². The first-order valence-electron chi connectivity index (χ1n) is 13.2. The molecule has 3 atom stereocenters. The average molecular weight is 546 g/mol. The third-order valence-corrected chi connectivity index (χ3v) is 13.2. The molecule has 0 radical (unpaired) electrons. The van der Waals surface area contributed by atoms with Crippen molar-refractivity contribution in [3.8, 4) is 0 Å². The van der Waals surface area contributed by atoms with Crippen molar-refractivity contribution < 1.29 is 4.79 Å². The first-order chi connectivity index (χ1) is 19.3. The normalized spacial score (nSPS) is 19.0. The van der Waals surface area contributed by atoms with Crippen LogP contribution < -0.4 is 26.5 Å². The van der Waals surface area contributed by atoms with E-state index in [1.165, 1.54) is 27.7 Å². The molecule has 192 valence electrons. The van der Waals surface area contributed by atoms with Crippen LogP contribution in [0.2, 0.25) is 0 Å². The van der Waals surface area contributed by atoms with E-state index in [4.69, 9.17) is 0 Å². The van der Waals surface area contributed by atoms with Crippen LogP contribution in [0.3, 0.4) is 0 Å². The highest BCUT2D eigenvalue weighted by Gasteiger charge is 2.59. The minimum absolute atomic E-state index is 0.0485. The van der Waals surface area contributed by atoms with E-state index in [0.717, 1.165) is 5.56 Å². The van der Waals surface area contributed by atoms with Gasteiger partial charge in [0.15, 0.2) is 5.78 Å². The summed E-state index contributed by atoms with van der Waals surface area (Å²) in [6.45, 7) is 0. The van der Waals surface area contributed by atoms with Crippen LogP contribution in [0.25, 0.3) is 0 Å². The second-order valence-electron chi connectivity index (χ2n) is 9.54. The van der Waals surface area contributed by atoms with Crippen LogP contribution in [0, 0.1) is 0 Å². The molecule has 5 aromatic rings. The minimum Gasteiger partial charge on any atom is -0.282 e. The maximum absolute atomic E-state index is 13.6. The molecule has 0 unspecified atom stereocenters. The van der Waals surface area contributed by atoms with E-state index in [1.54, 1.807) is 0 Å². The Kier molecular flexibility index (Phi) is 7.71. The molecular formula is C34H30N2OPS+. The van der Waals surface area contributed by atoms with Crippen LogP contribution in [0.1, 0.15) is 22.1 Å². The molecule has 2 N–H and O–H groups in total. The van der Waals surface area contributed by atoms with Gasteiger partial charge in [0.2, 0.25) is 5.12 Å². The smallest absolute Gasteiger partial charge is 0.221 e. The molecule has 0 bridgehead atoms. The lowest BCUT2D eigenvalue weighted by Gasteiger charge is -2.35. The predicted octanol–water partition coefficient (Wildman–Crippen LogP) is 6.10. The molecule has 3 nitrogen and oxygen atoms in total. The van der Waals surface area contributed by atoms with E-state index >= 15 is 0 Å². The summed E-state index contributed by atoms with van der Waals surface area (Å²) in [4.78, 5) is 13.6. The molecule has 0 amide bonds. The first-order valence-corrected chi connectivity index (χ1v) is 15.9. The van der Waals surface area contributed by atoms with Crippen LogP contribution in [0.5, 0.6) is 0 Å². The van der Waals surface area contributed by atoms with Crippen molar-refractivity contribution >= 4 is 40.1 Å². The maximum atomic E-state index is 13.6. The number of rotatable bonds is 7. The fraction of sp³-hybridized carbons (Fsp3) is 0.0882. The van der Waals surface area contributed by atoms with Gasteiger partial charge in [0.05, 0.1) is 6.17 Å². The van der Waals surface area contributed by atoms with Crippen molar-refractivity contribution in [2.75, 3.05) is 0 Å². The van der Waals surface area contributed by atoms with Crippen molar-refractivity contribution in [3.63, 3.8) is 0 Å². The molecule has 1 saturated heterocycles. The molecule has 0 aliphatic carbocycles. The Labute approximate surface area is 235 Å². The number of hydrogen-bond donors (Lipinski definition) is 2. The zero-order chi connectivity index (χ0) is 26.5. The summed E-state index contributed by atoms with van der Waals surface area (Å²) < 4.78 is 0. The van der Waals surface area contributed by atoms with Crippen molar-refractivity contribution in [2.45, 2.75) is 17.3 Å². The maximum Gasteiger partial charge on any atom is 0.221 e. The summed E-state index contributed by atoms with van der Waals surface area (Å²) in [7, 11) is -2.31. The molecule has 5 heteroatoms. The van der Waals surface area contributed by atoms with Gasteiger partial charge >= 0.3 is 0 Å². The molecular weight excluding hydrogens is 515 g/mol. The second-order valence-corrected chi connectivity index (χ2v) is 14.2. The standard InChI is InChI=1S/C34H30N2OPS/c37-34(27-18-8-2-9-19-27)39-33-32(35-31(36-33)26-16-6-1-7-17-26)38(28-20-10-3-11-21-28,29-22-12-4-13-23-29)30-24-14-5-15-25-30/h1-25,31-33,35-36H/q+1/t31-,32-,33+/m0/s1. The van der Waals surface area contributed by atoms with Crippen LogP contribution in [0.4, 0.5) is 0 Å². The lowest BCUT2D eigenvalue weighted by molar-refractivity contribution is 0.108. The minimum atomic E-state index is -2.31. The monoisotopic (exact) mass is 545 g/mol. The lowest BCUT2D eigenvalue weighted by atomic mass is 10.2. The number of benzene rings is 5. The molecule has 39 heavy (non-hydrogen) atoms. The summed E-state index contributed by atoms with van der Waals surface area (Å²) in [6.07, 6.45) is -0.0900. The fourth-order valence-corrected chi connectivity index (χ4v) is 11.8. The van der Waals surface area contributed by atoms with Gasteiger partial charge in [-0.1, -0.05) is 127 Å². The molecule has 1 fully saturated rings. The number of carbonyl (C=O) groups excluding carboxylic acids is 1. The zero-order valence-electron chi connectivity index (χ0n) is 21.4. The van der Waals surface area contributed by atoms with Crippen LogP contribution in [0.15, 0.2) is 152 Å². The Morgan fingerprint density at radius 1 is 0.538 bits per heavy atom. The van der Waals surface area contributed by atoms with Gasteiger partial charge in [-0.2, -0.15) is 0 Å². The number of carbonyl (C=O) groups is 1. The van der Waals surface area contributed by atoms with E-state index in [0.29, 0.717) is 5.56 Å². The largest absolute Gasteiger partial charge is 0.282 e. The third-order valence-electron chi connectivity index (χ3n) is 7.24. The molecule has 1 aliphatic rings. The average Bonchev–Trinajstić information content (AvgIpc) is 3.44. The van der Waals surface area contributed by atoms with Crippen LogP contribution in [-0.2, 0) is 0 Å². The van der Waals surface area contributed by atoms with Crippen LogP contribution >= 0.6 is 19.0 Å². The second kappa shape index (κ2) is 11.7. The summed E-state index contributed by atoms with van der Waals surface area (Å²) in [6, 6.07) is 52.6. The van der Waals surface area contributed by atoms with E-state index in [2.05, 4.69) is 126 Å². The van der Waals surface area contributed by atoms with Gasteiger partial charge in [0.1, 0.15) is 28.5 Å². The lowest BCUT2D eigenvalue weighted by Crippen LogP contribution is -2.47. The highest BCUT2D eigenvalue weighted by atomic mass is 32.2. The van der Waals surface area contributed by atoms with Crippen molar-refractivity contribution in [1.29, 1.82) is 0 Å². The third kappa shape index (κ3) is 5.09. The van der Waals surface area contributed by atoms with E-state index in [-0.39, 0.29) is 22.4 Å². The topological polar surface area (TPSA) is 41.1 Å². The highest BCUT2D eigenvalue weighted by Crippen LogP contribution is 2.62. The molecule has 1 heterocycles. The van der Waals surface area contributed by atoms with Gasteiger partial charge in [0, 0.05) is 5.56 Å². The SMILES string of the molecule is O=C(S[C@H]1N[C@@H](c2ccccc2)N[C@H]1[P+](c1ccccc1)(c1ccccc1)c1ccccc1)c1ccccc1. The Morgan fingerprint density at radius 2 is 0.949 bits per heavy atom. The number of thioether (sulfide) groups is 1. The van der Waals surface area contributed by atoms with Gasteiger partial charge in [0.25, 0.3) is 0 Å². The highest BCUT2D eigenvalue weighted by molar-refractivity contribution is 8.15. The molecule has 5 aromatic carbocycles. The Bertz CT molecular complexity index is 1410. The summed E-state index contributed by atoms with van der Waals surface area (Å²) >= 11 is 1.39. The van der Waals surface area contributed by atoms with E-state index < -0.39 is 7.26 Å². The van der Waals surface area contributed by atoms with Gasteiger partial charge in [-0.25, -0.2) is 0 Å². The number of hydrogen-bond acceptors (Lipinski definition) is 4. The van der Waals surface area contributed by atoms with Crippen molar-refractivity contribution in [2.24, 2.45) is 0 Å². The Balaban J connectivity index is 1.55. The first kappa shape index (κ1) is 25.7. The van der Waals surface area contributed by atoms with Crippen molar-refractivity contribution in [1.82, 2.24) is 10.6 Å². The van der Waals surface area contributed by atoms with Crippen LogP contribution in [-0.4, -0.2) is 16.3 Å². The summed E-state index contributed by atoms with van der Waals surface area (Å²) in [5.74, 6) is -0.0485. The van der Waals surface area contributed by atoms with Gasteiger partial charge in [-0.15, -0.1) is 0 Å². The molecule has 1 aliphatic heterocycles. The Hall–Kier alpha value is -3.53. The quantitative estimate of drug-likeness (QED) is 0.243. The summed E-state index contributed by atoms with van der Waals surface area (Å²) in [5, 5.41) is 11.6. The Morgan fingerprint density at radius 3 is 1.41 bits per heavy atom. The van der Waals surface area contributed by atoms with Gasteiger partial charge < -0.3 is 0 Å². The zero-order valence-corrected chi connectivity index (χ0v) is 23.1. The van der Waals surface area contributed by atoms with E-state index in [9.17, 15) is 4.79 Å². The van der Waals surface area contributed by atoms with Gasteiger partial charge in [-0.05, 0) is 42.0 Å². The van der Waals surface area contributed by atoms with Gasteiger partial charge in [-0.3, -0.25) is 15.4 Å². The predicted molar refractivity (Wildman–Crippen MR) is 167 cm³/mol. The van der Waals surface area contributed by atoms with Crippen molar-refractivity contribution in [3.05, 3.63) is 163 Å². The molecule has 0 spiro atoms. The summed E-state index contributed by atoms with van der Waals surface area (Å²) in [5.41, 5.74) is 1.87. The molecule has 0 saturated carbocycles. The fourth-order valence-electron chi connectivity index (χ4n) is 5.49.